The lowest BCUT2D eigenvalue weighted by Crippen LogP contribution is -2.43. The van der Waals surface area contributed by atoms with E-state index in [4.69, 9.17) is 0 Å². The average Bonchev–Trinajstić information content (AvgIpc) is 2.76. The van der Waals surface area contributed by atoms with Gasteiger partial charge in [-0.2, -0.15) is 0 Å². The van der Waals surface area contributed by atoms with Crippen molar-refractivity contribution in [2.24, 2.45) is 0 Å². The Kier molecular flexibility index (Phi) is 3.41. The van der Waals surface area contributed by atoms with Crippen molar-refractivity contribution in [3.8, 4) is 0 Å². The molecule has 0 radical (unpaired) electrons. The monoisotopic (exact) mass is 307 g/mol. The summed E-state index contributed by atoms with van der Waals surface area (Å²) >= 11 is 3.60. The molecule has 1 aliphatic rings. The van der Waals surface area contributed by atoms with E-state index < -0.39 is 0 Å². The van der Waals surface area contributed by atoms with Crippen LogP contribution in [-0.2, 0) is 6.54 Å². The summed E-state index contributed by atoms with van der Waals surface area (Å²) in [6.07, 6.45) is 0. The SMILES string of the molecule is CN1CCN(Cc2cc3c(Br)cccc3[nH]2)CC1. The Morgan fingerprint density at radius 3 is 2.72 bits per heavy atom. The highest BCUT2D eigenvalue weighted by Crippen LogP contribution is 2.25. The first kappa shape index (κ1) is 12.2. The Morgan fingerprint density at radius 2 is 2.00 bits per heavy atom. The first-order valence-electron chi connectivity index (χ1n) is 6.39. The zero-order valence-electron chi connectivity index (χ0n) is 10.6. The lowest BCUT2D eigenvalue weighted by atomic mass is 10.2. The minimum Gasteiger partial charge on any atom is -0.357 e. The van der Waals surface area contributed by atoms with Crippen molar-refractivity contribution in [1.29, 1.82) is 0 Å². The molecule has 18 heavy (non-hydrogen) atoms. The summed E-state index contributed by atoms with van der Waals surface area (Å²) in [6.45, 7) is 5.68. The van der Waals surface area contributed by atoms with Gasteiger partial charge in [0.2, 0.25) is 0 Å². The van der Waals surface area contributed by atoms with E-state index in [0.29, 0.717) is 0 Å². The number of likely N-dealkylation sites (N-methyl/N-ethyl adjacent to an activating group) is 1. The number of hydrogen-bond acceptors (Lipinski definition) is 2. The third-order valence-corrected chi connectivity index (χ3v) is 4.35. The number of benzene rings is 1. The number of hydrogen-bond donors (Lipinski definition) is 1. The molecule has 96 valence electrons. The van der Waals surface area contributed by atoms with Crippen LogP contribution in [0.3, 0.4) is 0 Å². The van der Waals surface area contributed by atoms with Gasteiger partial charge >= 0.3 is 0 Å². The molecule has 0 spiro atoms. The van der Waals surface area contributed by atoms with Gasteiger partial charge in [0.1, 0.15) is 0 Å². The van der Waals surface area contributed by atoms with Gasteiger partial charge in [0, 0.05) is 53.8 Å². The van der Waals surface area contributed by atoms with Gasteiger partial charge in [-0.15, -0.1) is 0 Å². The van der Waals surface area contributed by atoms with Crippen LogP contribution in [0, 0.1) is 0 Å². The van der Waals surface area contributed by atoms with Crippen LogP contribution >= 0.6 is 15.9 Å². The minimum atomic E-state index is 1.02. The third kappa shape index (κ3) is 2.46. The number of nitrogens with one attached hydrogen (secondary N) is 1. The van der Waals surface area contributed by atoms with E-state index in [1.54, 1.807) is 0 Å². The molecule has 3 rings (SSSR count). The molecule has 1 aliphatic heterocycles. The number of fused-ring (bicyclic) bond motifs is 1. The van der Waals surface area contributed by atoms with Gasteiger partial charge in [-0.3, -0.25) is 4.90 Å². The minimum absolute atomic E-state index is 1.02. The second-order valence-corrected chi connectivity index (χ2v) is 5.93. The highest BCUT2D eigenvalue weighted by atomic mass is 79.9. The summed E-state index contributed by atoms with van der Waals surface area (Å²) < 4.78 is 1.17. The van der Waals surface area contributed by atoms with Gasteiger partial charge in [-0.25, -0.2) is 0 Å². The summed E-state index contributed by atoms with van der Waals surface area (Å²) in [7, 11) is 2.19. The van der Waals surface area contributed by atoms with Gasteiger partial charge in [0.15, 0.2) is 0 Å². The van der Waals surface area contributed by atoms with Crippen LogP contribution < -0.4 is 0 Å². The van der Waals surface area contributed by atoms with Gasteiger partial charge in [0.25, 0.3) is 0 Å². The van der Waals surface area contributed by atoms with Crippen LogP contribution in [0.15, 0.2) is 28.7 Å². The van der Waals surface area contributed by atoms with Crippen molar-refractivity contribution in [2.75, 3.05) is 33.2 Å². The molecule has 3 nitrogen and oxygen atoms in total. The number of nitrogens with zero attached hydrogens (tertiary/aromatic N) is 2. The topological polar surface area (TPSA) is 22.3 Å². The zero-order valence-corrected chi connectivity index (χ0v) is 12.2. The second kappa shape index (κ2) is 5.03. The predicted octanol–water partition coefficient (Wildman–Crippen LogP) is 2.68. The van der Waals surface area contributed by atoms with Crippen molar-refractivity contribution >= 4 is 26.8 Å². The van der Waals surface area contributed by atoms with E-state index in [9.17, 15) is 0 Å². The predicted molar refractivity (Wildman–Crippen MR) is 78.8 cm³/mol. The summed E-state index contributed by atoms with van der Waals surface area (Å²) in [5.41, 5.74) is 2.52. The molecule has 4 heteroatoms. The number of aromatic amines is 1. The van der Waals surface area contributed by atoms with Gasteiger partial charge in [-0.1, -0.05) is 22.0 Å². The maximum atomic E-state index is 3.60. The normalized spacial score (nSPS) is 18.6. The zero-order chi connectivity index (χ0) is 12.5. The Labute approximate surface area is 116 Å². The van der Waals surface area contributed by atoms with Gasteiger partial charge in [0.05, 0.1) is 0 Å². The molecule has 2 aromatic rings. The van der Waals surface area contributed by atoms with E-state index in [2.05, 4.69) is 62.0 Å². The van der Waals surface area contributed by atoms with Gasteiger partial charge < -0.3 is 9.88 Å². The molecule has 1 N–H and O–H groups in total. The van der Waals surface area contributed by atoms with Crippen LogP contribution in [0.5, 0.6) is 0 Å². The Bertz CT molecular complexity index is 541. The number of aromatic nitrogens is 1. The molecular formula is C14H18BrN3. The molecule has 0 atom stereocenters. The fraction of sp³-hybridized carbons (Fsp3) is 0.429. The molecule has 0 amide bonds. The smallest absolute Gasteiger partial charge is 0.0467 e. The lowest BCUT2D eigenvalue weighted by Gasteiger charge is -2.31. The number of halogens is 1. The molecule has 0 bridgehead atoms. The molecular weight excluding hydrogens is 290 g/mol. The van der Waals surface area contributed by atoms with Crippen molar-refractivity contribution in [3.05, 3.63) is 34.4 Å². The highest BCUT2D eigenvalue weighted by Gasteiger charge is 2.14. The van der Waals surface area contributed by atoms with E-state index >= 15 is 0 Å². The Hall–Kier alpha value is -0.840. The maximum absolute atomic E-state index is 3.60. The van der Waals surface area contributed by atoms with E-state index in [-0.39, 0.29) is 0 Å². The van der Waals surface area contributed by atoms with Crippen LogP contribution in [0.1, 0.15) is 5.69 Å². The number of H-pyrrole nitrogens is 1. The summed E-state index contributed by atoms with van der Waals surface area (Å²) in [5.74, 6) is 0. The van der Waals surface area contributed by atoms with E-state index in [0.717, 1.165) is 19.6 Å². The molecule has 2 heterocycles. The molecule has 0 unspecified atom stereocenters. The fourth-order valence-corrected chi connectivity index (χ4v) is 2.99. The van der Waals surface area contributed by atoms with Gasteiger partial charge in [-0.05, 0) is 25.2 Å². The Balaban J connectivity index is 1.77. The van der Waals surface area contributed by atoms with E-state index in [1.807, 2.05) is 0 Å². The number of piperazine rings is 1. The molecule has 1 aromatic carbocycles. The standard InChI is InChI=1S/C14H18BrN3/c1-17-5-7-18(8-6-17)10-11-9-12-13(15)3-2-4-14(12)16-11/h2-4,9,16H,5-8,10H2,1H3. The molecule has 1 aromatic heterocycles. The Morgan fingerprint density at radius 1 is 1.22 bits per heavy atom. The molecule has 0 saturated carbocycles. The second-order valence-electron chi connectivity index (χ2n) is 5.08. The van der Waals surface area contributed by atoms with Crippen molar-refractivity contribution < 1.29 is 0 Å². The largest absolute Gasteiger partial charge is 0.357 e. The third-order valence-electron chi connectivity index (χ3n) is 3.66. The number of rotatable bonds is 2. The highest BCUT2D eigenvalue weighted by molar-refractivity contribution is 9.10. The molecule has 1 fully saturated rings. The van der Waals surface area contributed by atoms with Crippen LogP contribution in [0.2, 0.25) is 0 Å². The average molecular weight is 308 g/mol. The van der Waals surface area contributed by atoms with Crippen molar-refractivity contribution in [3.63, 3.8) is 0 Å². The lowest BCUT2D eigenvalue weighted by molar-refractivity contribution is 0.147. The molecule has 0 aliphatic carbocycles. The summed E-state index contributed by atoms with van der Waals surface area (Å²) in [4.78, 5) is 8.41. The summed E-state index contributed by atoms with van der Waals surface area (Å²) in [5, 5.41) is 1.28. The van der Waals surface area contributed by atoms with Crippen LogP contribution in [0.4, 0.5) is 0 Å². The van der Waals surface area contributed by atoms with Crippen molar-refractivity contribution in [1.82, 2.24) is 14.8 Å². The van der Waals surface area contributed by atoms with E-state index in [1.165, 1.54) is 34.2 Å². The first-order valence-corrected chi connectivity index (χ1v) is 7.19. The fourth-order valence-electron chi connectivity index (χ4n) is 2.51. The summed E-state index contributed by atoms with van der Waals surface area (Å²) in [6, 6.07) is 8.56. The van der Waals surface area contributed by atoms with Crippen LogP contribution in [-0.4, -0.2) is 48.0 Å². The first-order chi connectivity index (χ1) is 8.72. The molecule has 1 saturated heterocycles. The maximum Gasteiger partial charge on any atom is 0.0467 e. The van der Waals surface area contributed by atoms with Crippen molar-refractivity contribution in [2.45, 2.75) is 6.54 Å². The quantitative estimate of drug-likeness (QED) is 0.921. The van der Waals surface area contributed by atoms with Crippen LogP contribution in [0.25, 0.3) is 10.9 Å².